The zero-order chi connectivity index (χ0) is 13.9. The molecule has 1 aliphatic heterocycles. The van der Waals surface area contributed by atoms with Crippen molar-refractivity contribution in [3.8, 4) is 0 Å². The van der Waals surface area contributed by atoms with Gasteiger partial charge in [-0.15, -0.1) is 0 Å². The van der Waals surface area contributed by atoms with Crippen molar-refractivity contribution in [1.82, 2.24) is 4.90 Å². The number of piperazine rings is 1. The molecule has 0 atom stereocenters. The van der Waals surface area contributed by atoms with Crippen molar-refractivity contribution >= 4 is 28.6 Å². The van der Waals surface area contributed by atoms with E-state index >= 15 is 0 Å². The molecule has 2 N–H and O–H groups in total. The summed E-state index contributed by atoms with van der Waals surface area (Å²) in [5.74, 6) is 0.137. The Morgan fingerprint density at radius 3 is 2.60 bits per heavy atom. The lowest BCUT2D eigenvalue weighted by atomic mass is 10.2. The Kier molecular flexibility index (Phi) is 3.60. The molecule has 1 fully saturated rings. The van der Waals surface area contributed by atoms with Crippen LogP contribution >= 0.6 is 11.3 Å². The Labute approximate surface area is 122 Å². The number of carbonyl (C=O) groups is 1. The SMILES string of the molecule is Nc1cccc(N2CCN(C(=O)c3ccsc3)CC2)c1. The van der Waals surface area contributed by atoms with E-state index < -0.39 is 0 Å². The average Bonchev–Trinajstić information content (AvgIpc) is 3.01. The normalized spacial score (nSPS) is 15.4. The number of rotatable bonds is 2. The van der Waals surface area contributed by atoms with Crippen LogP contribution in [0.3, 0.4) is 0 Å². The van der Waals surface area contributed by atoms with Gasteiger partial charge in [0.25, 0.3) is 5.91 Å². The number of carbonyl (C=O) groups excluding carboxylic acids is 1. The predicted molar refractivity (Wildman–Crippen MR) is 83.3 cm³/mol. The van der Waals surface area contributed by atoms with Gasteiger partial charge in [-0.1, -0.05) is 6.07 Å². The Bertz CT molecular complexity index is 589. The minimum absolute atomic E-state index is 0.137. The summed E-state index contributed by atoms with van der Waals surface area (Å²) in [7, 11) is 0. The number of hydrogen-bond acceptors (Lipinski definition) is 4. The Morgan fingerprint density at radius 2 is 1.95 bits per heavy atom. The monoisotopic (exact) mass is 287 g/mol. The predicted octanol–water partition coefficient (Wildman–Crippen LogP) is 2.29. The number of hydrogen-bond donors (Lipinski definition) is 1. The molecule has 0 bridgehead atoms. The van der Waals surface area contributed by atoms with Gasteiger partial charge in [-0.05, 0) is 29.6 Å². The summed E-state index contributed by atoms with van der Waals surface area (Å²) in [4.78, 5) is 16.4. The fourth-order valence-corrected chi connectivity index (χ4v) is 3.09. The maximum absolute atomic E-state index is 12.3. The Hall–Kier alpha value is -2.01. The second kappa shape index (κ2) is 5.54. The van der Waals surface area contributed by atoms with Crippen LogP contribution in [0.4, 0.5) is 11.4 Å². The fraction of sp³-hybridized carbons (Fsp3) is 0.267. The van der Waals surface area contributed by atoms with Crippen LogP contribution in [-0.2, 0) is 0 Å². The topological polar surface area (TPSA) is 49.6 Å². The molecule has 1 aromatic heterocycles. The molecule has 0 saturated carbocycles. The molecule has 104 valence electrons. The number of benzene rings is 1. The molecule has 0 spiro atoms. The first kappa shape index (κ1) is 13.0. The first-order chi connectivity index (χ1) is 9.74. The molecule has 1 aliphatic rings. The van der Waals surface area contributed by atoms with Crippen molar-refractivity contribution in [2.75, 3.05) is 36.8 Å². The van der Waals surface area contributed by atoms with Crippen molar-refractivity contribution in [3.05, 3.63) is 46.7 Å². The highest BCUT2D eigenvalue weighted by molar-refractivity contribution is 7.08. The zero-order valence-electron chi connectivity index (χ0n) is 11.2. The number of nitrogens with two attached hydrogens (primary N) is 1. The van der Waals surface area contributed by atoms with Crippen LogP contribution in [0.25, 0.3) is 0 Å². The van der Waals surface area contributed by atoms with E-state index in [-0.39, 0.29) is 5.91 Å². The lowest BCUT2D eigenvalue weighted by Crippen LogP contribution is -2.48. The van der Waals surface area contributed by atoms with Crippen LogP contribution in [0.15, 0.2) is 41.1 Å². The maximum atomic E-state index is 12.3. The van der Waals surface area contributed by atoms with Crippen LogP contribution in [0.1, 0.15) is 10.4 Å². The molecular weight excluding hydrogens is 270 g/mol. The molecular formula is C15H17N3OS. The minimum Gasteiger partial charge on any atom is -0.399 e. The maximum Gasteiger partial charge on any atom is 0.254 e. The minimum atomic E-state index is 0.137. The molecule has 2 aromatic rings. The third kappa shape index (κ3) is 2.63. The standard InChI is InChI=1S/C15H17N3OS/c16-13-2-1-3-14(10-13)17-5-7-18(8-6-17)15(19)12-4-9-20-11-12/h1-4,9-11H,5-8,16H2. The van der Waals surface area contributed by atoms with E-state index in [1.54, 1.807) is 11.3 Å². The van der Waals surface area contributed by atoms with Gasteiger partial charge in [0.05, 0.1) is 5.56 Å². The molecule has 1 amide bonds. The number of anilines is 2. The summed E-state index contributed by atoms with van der Waals surface area (Å²) >= 11 is 1.56. The first-order valence-electron chi connectivity index (χ1n) is 6.66. The van der Waals surface area contributed by atoms with E-state index in [1.807, 2.05) is 39.9 Å². The molecule has 20 heavy (non-hydrogen) atoms. The van der Waals surface area contributed by atoms with Crippen LogP contribution in [0.2, 0.25) is 0 Å². The van der Waals surface area contributed by atoms with Crippen LogP contribution < -0.4 is 10.6 Å². The van der Waals surface area contributed by atoms with Gasteiger partial charge in [0.2, 0.25) is 0 Å². The summed E-state index contributed by atoms with van der Waals surface area (Å²) in [5.41, 5.74) is 8.52. The first-order valence-corrected chi connectivity index (χ1v) is 7.60. The van der Waals surface area contributed by atoms with Crippen molar-refractivity contribution < 1.29 is 4.79 Å². The molecule has 1 aromatic carbocycles. The Morgan fingerprint density at radius 1 is 1.15 bits per heavy atom. The van der Waals surface area contributed by atoms with E-state index in [4.69, 9.17) is 5.73 Å². The summed E-state index contributed by atoms with van der Waals surface area (Å²) in [5, 5.41) is 3.85. The van der Waals surface area contributed by atoms with Crippen molar-refractivity contribution in [2.45, 2.75) is 0 Å². The highest BCUT2D eigenvalue weighted by atomic mass is 32.1. The van der Waals surface area contributed by atoms with Crippen LogP contribution in [-0.4, -0.2) is 37.0 Å². The van der Waals surface area contributed by atoms with E-state index in [1.165, 1.54) is 0 Å². The molecule has 1 saturated heterocycles. The quantitative estimate of drug-likeness (QED) is 0.862. The van der Waals surface area contributed by atoms with E-state index in [0.717, 1.165) is 43.1 Å². The lowest BCUT2D eigenvalue weighted by Gasteiger charge is -2.36. The molecule has 0 unspecified atom stereocenters. The van der Waals surface area contributed by atoms with Gasteiger partial charge in [0.1, 0.15) is 0 Å². The smallest absolute Gasteiger partial charge is 0.254 e. The van der Waals surface area contributed by atoms with Gasteiger partial charge in [-0.3, -0.25) is 4.79 Å². The van der Waals surface area contributed by atoms with E-state index in [0.29, 0.717) is 0 Å². The number of nitrogens with zero attached hydrogens (tertiary/aromatic N) is 2. The number of amides is 1. The molecule has 3 rings (SSSR count). The summed E-state index contributed by atoms with van der Waals surface area (Å²) in [6, 6.07) is 9.79. The van der Waals surface area contributed by atoms with Crippen molar-refractivity contribution in [2.24, 2.45) is 0 Å². The van der Waals surface area contributed by atoms with E-state index in [9.17, 15) is 4.79 Å². The highest BCUT2D eigenvalue weighted by Gasteiger charge is 2.22. The highest BCUT2D eigenvalue weighted by Crippen LogP contribution is 2.20. The van der Waals surface area contributed by atoms with Crippen molar-refractivity contribution in [3.63, 3.8) is 0 Å². The lowest BCUT2D eigenvalue weighted by molar-refractivity contribution is 0.0747. The van der Waals surface area contributed by atoms with E-state index in [2.05, 4.69) is 11.0 Å². The van der Waals surface area contributed by atoms with Gasteiger partial charge in [-0.25, -0.2) is 0 Å². The summed E-state index contributed by atoms with van der Waals surface area (Å²) < 4.78 is 0. The third-order valence-corrected chi connectivity index (χ3v) is 4.25. The second-order valence-corrected chi connectivity index (χ2v) is 5.67. The molecule has 5 heteroatoms. The Balaban J connectivity index is 1.64. The van der Waals surface area contributed by atoms with Crippen LogP contribution in [0.5, 0.6) is 0 Å². The van der Waals surface area contributed by atoms with Gasteiger partial charge in [-0.2, -0.15) is 11.3 Å². The van der Waals surface area contributed by atoms with Gasteiger partial charge >= 0.3 is 0 Å². The molecule has 2 heterocycles. The zero-order valence-corrected chi connectivity index (χ0v) is 12.0. The fourth-order valence-electron chi connectivity index (χ4n) is 2.46. The molecule has 0 radical (unpaired) electrons. The average molecular weight is 287 g/mol. The van der Waals surface area contributed by atoms with Gasteiger partial charge in [0, 0.05) is 42.9 Å². The summed E-state index contributed by atoms with van der Waals surface area (Å²) in [6.45, 7) is 3.20. The summed E-state index contributed by atoms with van der Waals surface area (Å²) in [6.07, 6.45) is 0. The number of thiophene rings is 1. The second-order valence-electron chi connectivity index (χ2n) is 4.89. The largest absolute Gasteiger partial charge is 0.399 e. The van der Waals surface area contributed by atoms with Crippen LogP contribution in [0, 0.1) is 0 Å². The van der Waals surface area contributed by atoms with Gasteiger partial charge in [0.15, 0.2) is 0 Å². The molecule has 0 aliphatic carbocycles. The number of nitrogen functional groups attached to an aromatic ring is 1. The third-order valence-electron chi connectivity index (χ3n) is 3.57. The van der Waals surface area contributed by atoms with Crippen molar-refractivity contribution in [1.29, 1.82) is 0 Å². The van der Waals surface area contributed by atoms with Gasteiger partial charge < -0.3 is 15.5 Å². The molecule has 4 nitrogen and oxygen atoms in total.